The molecule has 0 radical (unpaired) electrons. The second kappa shape index (κ2) is 11.4. The number of benzene rings is 2. The maximum atomic E-state index is 13.2. The van der Waals surface area contributed by atoms with Crippen molar-refractivity contribution < 1.29 is 28.5 Å². The SMILES string of the molecule is COc1cc(C(CC(=O)N(CCCl)CCCl)c2ccc3c(c2)OCO3)cc(OC)c1OC. The summed E-state index contributed by atoms with van der Waals surface area (Å²) in [4.78, 5) is 14.9. The van der Waals surface area contributed by atoms with E-state index in [1.54, 1.807) is 26.2 Å². The molecule has 0 fully saturated rings. The molecule has 3 rings (SSSR count). The van der Waals surface area contributed by atoms with Crippen LogP contribution >= 0.6 is 23.2 Å². The Morgan fingerprint density at radius 3 is 2.12 bits per heavy atom. The lowest BCUT2D eigenvalue weighted by molar-refractivity contribution is -0.130. The third-order valence-corrected chi connectivity index (χ3v) is 5.67. The average Bonchev–Trinajstić information content (AvgIpc) is 3.29. The lowest BCUT2D eigenvalue weighted by atomic mass is 9.87. The number of methoxy groups -OCH3 is 3. The van der Waals surface area contributed by atoms with E-state index in [-0.39, 0.29) is 25.0 Å². The number of hydrogen-bond donors (Lipinski definition) is 0. The van der Waals surface area contributed by atoms with Gasteiger partial charge < -0.3 is 28.6 Å². The summed E-state index contributed by atoms with van der Waals surface area (Å²) < 4.78 is 27.5. The predicted octanol–water partition coefficient (Wildman–Crippen LogP) is 4.27. The predicted molar refractivity (Wildman–Crippen MR) is 123 cm³/mol. The number of nitrogens with zero attached hydrogens (tertiary/aromatic N) is 1. The van der Waals surface area contributed by atoms with Gasteiger partial charge in [0.2, 0.25) is 18.4 Å². The van der Waals surface area contributed by atoms with Crippen LogP contribution < -0.4 is 23.7 Å². The van der Waals surface area contributed by atoms with Gasteiger partial charge in [-0.05, 0) is 35.4 Å². The average molecular weight is 484 g/mol. The highest BCUT2D eigenvalue weighted by molar-refractivity contribution is 6.18. The first-order valence-electron chi connectivity index (χ1n) is 10.1. The van der Waals surface area contributed by atoms with Crippen LogP contribution in [0.25, 0.3) is 0 Å². The molecule has 0 aliphatic carbocycles. The molecule has 0 aromatic heterocycles. The van der Waals surface area contributed by atoms with E-state index in [2.05, 4.69) is 0 Å². The molecular weight excluding hydrogens is 457 g/mol. The van der Waals surface area contributed by atoms with Crippen LogP contribution in [0.3, 0.4) is 0 Å². The Hall–Kier alpha value is -2.51. The number of alkyl halides is 2. The summed E-state index contributed by atoms with van der Waals surface area (Å²) >= 11 is 11.8. The molecule has 2 aromatic carbocycles. The van der Waals surface area contributed by atoms with Crippen molar-refractivity contribution in [2.45, 2.75) is 12.3 Å². The fraction of sp³-hybridized carbons (Fsp3) is 0.435. The zero-order chi connectivity index (χ0) is 23.1. The van der Waals surface area contributed by atoms with Crippen molar-refractivity contribution in [2.75, 3.05) is 53.0 Å². The molecule has 2 aromatic rings. The zero-order valence-electron chi connectivity index (χ0n) is 18.4. The van der Waals surface area contributed by atoms with Gasteiger partial charge in [0.15, 0.2) is 23.0 Å². The summed E-state index contributed by atoms with van der Waals surface area (Å²) in [5.41, 5.74) is 1.73. The largest absolute Gasteiger partial charge is 0.493 e. The van der Waals surface area contributed by atoms with Gasteiger partial charge in [-0.2, -0.15) is 0 Å². The highest BCUT2D eigenvalue weighted by atomic mass is 35.5. The second-order valence-corrected chi connectivity index (χ2v) is 7.84. The van der Waals surface area contributed by atoms with E-state index in [0.29, 0.717) is 53.6 Å². The van der Waals surface area contributed by atoms with Crippen molar-refractivity contribution in [1.29, 1.82) is 0 Å². The van der Waals surface area contributed by atoms with Gasteiger partial charge in [0.1, 0.15) is 0 Å². The molecule has 0 saturated carbocycles. The van der Waals surface area contributed by atoms with E-state index in [4.69, 9.17) is 46.9 Å². The molecule has 7 nitrogen and oxygen atoms in total. The van der Waals surface area contributed by atoms with Gasteiger partial charge in [0.05, 0.1) is 21.3 Å². The standard InChI is InChI=1S/C23H27Cl2NO6/c1-28-20-11-16(12-21(29-2)23(20)30-3)17(13-22(27)26(8-6-24)9-7-25)15-4-5-18-19(10-15)32-14-31-18/h4-5,10-12,17H,6-9,13-14H2,1-3H3. The van der Waals surface area contributed by atoms with Crippen LogP contribution in [0.1, 0.15) is 23.5 Å². The van der Waals surface area contributed by atoms with Gasteiger partial charge in [0.25, 0.3) is 0 Å². The van der Waals surface area contributed by atoms with Gasteiger partial charge in [-0.3, -0.25) is 4.79 Å². The van der Waals surface area contributed by atoms with E-state index >= 15 is 0 Å². The van der Waals surface area contributed by atoms with Crippen LogP contribution in [-0.4, -0.2) is 63.8 Å². The Kier molecular flexibility index (Phi) is 8.59. The Balaban J connectivity index is 2.05. The molecule has 1 aliphatic rings. The van der Waals surface area contributed by atoms with Crippen LogP contribution in [0.4, 0.5) is 0 Å². The number of carbonyl (C=O) groups is 1. The first-order valence-corrected chi connectivity index (χ1v) is 11.2. The summed E-state index contributed by atoms with van der Waals surface area (Å²) in [5, 5.41) is 0. The lowest BCUT2D eigenvalue weighted by Crippen LogP contribution is -2.35. The topological polar surface area (TPSA) is 66.5 Å². The molecule has 0 spiro atoms. The number of rotatable bonds is 11. The fourth-order valence-corrected chi connectivity index (χ4v) is 4.14. The van der Waals surface area contributed by atoms with Gasteiger partial charge in [-0.25, -0.2) is 0 Å². The number of carbonyl (C=O) groups excluding carboxylic acids is 1. The minimum atomic E-state index is -0.307. The zero-order valence-corrected chi connectivity index (χ0v) is 19.9. The highest BCUT2D eigenvalue weighted by Gasteiger charge is 2.26. The third kappa shape index (κ3) is 5.27. The molecule has 1 amide bonds. The number of halogens is 2. The first kappa shape index (κ1) is 24.1. The number of amides is 1. The first-order chi connectivity index (χ1) is 15.6. The van der Waals surface area contributed by atoms with Crippen LogP contribution in [0.15, 0.2) is 30.3 Å². The molecule has 0 bridgehead atoms. The van der Waals surface area contributed by atoms with Crippen LogP contribution in [-0.2, 0) is 4.79 Å². The van der Waals surface area contributed by atoms with E-state index in [1.807, 2.05) is 30.3 Å². The Labute approximate surface area is 198 Å². The van der Waals surface area contributed by atoms with Crippen molar-refractivity contribution in [3.63, 3.8) is 0 Å². The minimum absolute atomic E-state index is 0.0530. The van der Waals surface area contributed by atoms with Crippen LogP contribution in [0, 0.1) is 0 Å². The van der Waals surface area contributed by atoms with Crippen molar-refractivity contribution in [1.82, 2.24) is 4.90 Å². The quantitative estimate of drug-likeness (QED) is 0.444. The Morgan fingerprint density at radius 1 is 0.938 bits per heavy atom. The van der Waals surface area contributed by atoms with Gasteiger partial charge in [-0.15, -0.1) is 23.2 Å². The summed E-state index contributed by atoms with van der Waals surface area (Å²) in [6.45, 7) is 1.03. The van der Waals surface area contributed by atoms with Gasteiger partial charge >= 0.3 is 0 Å². The molecule has 1 aliphatic heterocycles. The molecule has 0 saturated heterocycles. The van der Waals surface area contributed by atoms with Crippen LogP contribution in [0.5, 0.6) is 28.7 Å². The summed E-state index contributed by atoms with van der Waals surface area (Å²) in [7, 11) is 4.67. The summed E-state index contributed by atoms with van der Waals surface area (Å²) in [6, 6.07) is 9.40. The normalized spacial score (nSPS) is 12.9. The van der Waals surface area contributed by atoms with Crippen molar-refractivity contribution in [2.24, 2.45) is 0 Å². The van der Waals surface area contributed by atoms with Gasteiger partial charge in [-0.1, -0.05) is 6.07 Å². The van der Waals surface area contributed by atoms with E-state index in [1.165, 1.54) is 0 Å². The number of hydrogen-bond acceptors (Lipinski definition) is 6. The molecule has 1 heterocycles. The van der Waals surface area contributed by atoms with Crippen molar-refractivity contribution >= 4 is 29.1 Å². The molecule has 174 valence electrons. The van der Waals surface area contributed by atoms with Crippen molar-refractivity contribution in [3.05, 3.63) is 41.5 Å². The van der Waals surface area contributed by atoms with Crippen LogP contribution in [0.2, 0.25) is 0 Å². The molecule has 0 N–H and O–H groups in total. The summed E-state index contributed by atoms with van der Waals surface area (Å²) in [5.74, 6) is 3.14. The molecule has 1 atom stereocenters. The molecule has 9 heteroatoms. The maximum Gasteiger partial charge on any atom is 0.231 e. The van der Waals surface area contributed by atoms with E-state index < -0.39 is 0 Å². The minimum Gasteiger partial charge on any atom is -0.493 e. The summed E-state index contributed by atoms with van der Waals surface area (Å²) in [6.07, 6.45) is 0.200. The van der Waals surface area contributed by atoms with E-state index in [9.17, 15) is 4.79 Å². The third-order valence-electron chi connectivity index (χ3n) is 5.33. The van der Waals surface area contributed by atoms with Gasteiger partial charge in [0, 0.05) is 37.2 Å². The maximum absolute atomic E-state index is 13.2. The Morgan fingerprint density at radius 2 is 1.56 bits per heavy atom. The fourth-order valence-electron chi connectivity index (χ4n) is 3.73. The lowest BCUT2D eigenvalue weighted by Gasteiger charge is -2.25. The molecular formula is C23H27Cl2NO6. The Bertz CT molecular complexity index is 908. The monoisotopic (exact) mass is 483 g/mol. The highest BCUT2D eigenvalue weighted by Crippen LogP contribution is 2.44. The van der Waals surface area contributed by atoms with E-state index in [0.717, 1.165) is 11.1 Å². The number of fused-ring (bicyclic) bond motifs is 1. The molecule has 32 heavy (non-hydrogen) atoms. The van der Waals surface area contributed by atoms with Crippen molar-refractivity contribution in [3.8, 4) is 28.7 Å². The number of ether oxygens (including phenoxy) is 5. The molecule has 1 unspecified atom stereocenters. The smallest absolute Gasteiger partial charge is 0.231 e. The second-order valence-electron chi connectivity index (χ2n) is 7.09.